The molecule has 1 fully saturated rings. The standard InChI is InChI=1S/C44H84NO13P/c1-4-7-10-13-16-18-20-23-25-28-31-36(55-39(49)32-29-26-21-15-12-9-6-3)43(50)57-42-40(44(51)56-37(34-46)41(42)58-59(52,53)54)45-38(48)33-35(47)30-27-24-22-19-17-14-11-8-5-2/h35-37,40-42,44,46-47,51H,4-34H2,1-3H3,(H,45,48)(H2,52,53,54)/t35?,36?,37-,40-,41-,42-,44?/m1/s1. The number of nitrogens with one attached hydrogen (secondary N) is 1. The lowest BCUT2D eigenvalue weighted by Crippen LogP contribution is -2.66. The normalized spacial score (nSPS) is 20.6. The molecule has 15 heteroatoms. The lowest BCUT2D eigenvalue weighted by molar-refractivity contribution is -0.257. The summed E-state index contributed by atoms with van der Waals surface area (Å²) >= 11 is 0. The number of amides is 1. The Kier molecular flexibility index (Phi) is 32.7. The van der Waals surface area contributed by atoms with Gasteiger partial charge in [-0.1, -0.05) is 175 Å². The number of carbonyl (C=O) groups is 3. The fourth-order valence-electron chi connectivity index (χ4n) is 7.59. The number of esters is 2. The molecule has 348 valence electrons. The molecule has 1 rings (SSSR count). The van der Waals surface area contributed by atoms with Crippen molar-refractivity contribution < 1.29 is 62.8 Å². The van der Waals surface area contributed by atoms with Gasteiger partial charge < -0.3 is 44.6 Å². The van der Waals surface area contributed by atoms with Crippen molar-refractivity contribution in [2.24, 2.45) is 0 Å². The van der Waals surface area contributed by atoms with Gasteiger partial charge in [-0.25, -0.2) is 9.36 Å². The van der Waals surface area contributed by atoms with E-state index >= 15 is 0 Å². The van der Waals surface area contributed by atoms with E-state index < -0.39 is 75.1 Å². The molecule has 1 aliphatic rings. The number of aliphatic hydroxyl groups excluding tert-OH is 3. The van der Waals surface area contributed by atoms with Gasteiger partial charge >= 0.3 is 19.8 Å². The molecule has 1 heterocycles. The number of carbonyl (C=O) groups excluding carboxylic acids is 3. The zero-order chi connectivity index (χ0) is 43.7. The van der Waals surface area contributed by atoms with Gasteiger partial charge in [0.15, 0.2) is 18.5 Å². The summed E-state index contributed by atoms with van der Waals surface area (Å²) in [7, 11) is -5.31. The van der Waals surface area contributed by atoms with Gasteiger partial charge in [0.05, 0.1) is 19.1 Å². The first-order valence-electron chi connectivity index (χ1n) is 23.4. The minimum absolute atomic E-state index is 0.0994. The Balaban J connectivity index is 3.04. The van der Waals surface area contributed by atoms with Gasteiger partial charge in [-0.15, -0.1) is 0 Å². The predicted octanol–water partition coefficient (Wildman–Crippen LogP) is 8.61. The highest BCUT2D eigenvalue weighted by molar-refractivity contribution is 7.46. The van der Waals surface area contributed by atoms with Crippen LogP contribution in [0, 0.1) is 0 Å². The van der Waals surface area contributed by atoms with Gasteiger partial charge in [-0.3, -0.25) is 14.1 Å². The Hall–Kier alpha value is -1.64. The second-order valence-corrected chi connectivity index (χ2v) is 17.8. The summed E-state index contributed by atoms with van der Waals surface area (Å²) in [6, 6.07) is -1.62. The second kappa shape index (κ2) is 34.9. The van der Waals surface area contributed by atoms with Crippen LogP contribution in [0.1, 0.15) is 213 Å². The minimum Gasteiger partial charge on any atom is -0.454 e. The average molecular weight is 866 g/mol. The van der Waals surface area contributed by atoms with E-state index in [1.54, 1.807) is 0 Å². The second-order valence-electron chi connectivity index (χ2n) is 16.6. The molecule has 59 heavy (non-hydrogen) atoms. The highest BCUT2D eigenvalue weighted by Gasteiger charge is 2.51. The summed E-state index contributed by atoms with van der Waals surface area (Å²) in [4.78, 5) is 59.7. The summed E-state index contributed by atoms with van der Waals surface area (Å²) in [5.74, 6) is -2.36. The van der Waals surface area contributed by atoms with E-state index in [2.05, 4.69) is 26.1 Å². The van der Waals surface area contributed by atoms with Gasteiger partial charge in [0.1, 0.15) is 18.2 Å². The monoisotopic (exact) mass is 866 g/mol. The van der Waals surface area contributed by atoms with Crippen molar-refractivity contribution >= 4 is 25.7 Å². The molecular weight excluding hydrogens is 781 g/mol. The Morgan fingerprint density at radius 1 is 0.661 bits per heavy atom. The number of hydrogen-bond donors (Lipinski definition) is 6. The van der Waals surface area contributed by atoms with Crippen LogP contribution in [0.15, 0.2) is 0 Å². The first kappa shape index (κ1) is 55.4. The molecule has 1 aliphatic heterocycles. The van der Waals surface area contributed by atoms with Crippen molar-refractivity contribution in [2.75, 3.05) is 6.61 Å². The smallest absolute Gasteiger partial charge is 0.454 e. The molecule has 0 aromatic heterocycles. The minimum atomic E-state index is -5.31. The zero-order valence-electron chi connectivity index (χ0n) is 36.9. The molecule has 6 N–H and O–H groups in total. The molecule has 0 radical (unpaired) electrons. The summed E-state index contributed by atoms with van der Waals surface area (Å²) in [6.45, 7) is 5.63. The van der Waals surface area contributed by atoms with Crippen molar-refractivity contribution in [3.05, 3.63) is 0 Å². The topological polar surface area (TPSA) is 218 Å². The van der Waals surface area contributed by atoms with Crippen LogP contribution in [0.3, 0.4) is 0 Å². The van der Waals surface area contributed by atoms with E-state index in [1.807, 2.05) is 0 Å². The molecule has 0 aromatic rings. The maximum Gasteiger partial charge on any atom is 0.470 e. The van der Waals surface area contributed by atoms with Crippen LogP contribution in [0.25, 0.3) is 0 Å². The number of ether oxygens (including phenoxy) is 3. The number of aliphatic hydroxyl groups is 3. The fourth-order valence-corrected chi connectivity index (χ4v) is 8.17. The third-order valence-electron chi connectivity index (χ3n) is 11.1. The number of hydrogen-bond acceptors (Lipinski definition) is 11. The lowest BCUT2D eigenvalue weighted by Gasteiger charge is -2.44. The largest absolute Gasteiger partial charge is 0.470 e. The molecule has 14 nitrogen and oxygen atoms in total. The molecule has 0 aromatic carbocycles. The van der Waals surface area contributed by atoms with Crippen molar-refractivity contribution in [3.8, 4) is 0 Å². The molecule has 7 atom stereocenters. The Morgan fingerprint density at radius 3 is 1.56 bits per heavy atom. The Morgan fingerprint density at radius 2 is 1.10 bits per heavy atom. The molecule has 3 unspecified atom stereocenters. The van der Waals surface area contributed by atoms with Crippen LogP contribution >= 0.6 is 7.82 Å². The van der Waals surface area contributed by atoms with Crippen LogP contribution in [0.4, 0.5) is 0 Å². The van der Waals surface area contributed by atoms with Crippen molar-refractivity contribution in [2.45, 2.75) is 256 Å². The Bertz CT molecular complexity index is 1120. The number of phosphoric ester groups is 1. The molecule has 1 amide bonds. The summed E-state index contributed by atoms with van der Waals surface area (Å²) in [5.41, 5.74) is 0. The van der Waals surface area contributed by atoms with Crippen molar-refractivity contribution in [3.63, 3.8) is 0 Å². The van der Waals surface area contributed by atoms with E-state index in [-0.39, 0.29) is 19.3 Å². The quantitative estimate of drug-likeness (QED) is 0.0195. The van der Waals surface area contributed by atoms with Gasteiger partial charge in [0, 0.05) is 6.42 Å². The van der Waals surface area contributed by atoms with E-state index in [1.165, 1.54) is 70.6 Å². The zero-order valence-corrected chi connectivity index (χ0v) is 37.8. The highest BCUT2D eigenvalue weighted by Crippen LogP contribution is 2.42. The molecule has 0 saturated carbocycles. The van der Waals surface area contributed by atoms with E-state index in [9.17, 15) is 44.1 Å². The molecule has 0 bridgehead atoms. The summed E-state index contributed by atoms with van der Waals surface area (Å²) in [6.07, 6.45) is 18.0. The summed E-state index contributed by atoms with van der Waals surface area (Å²) < 4.78 is 33.9. The van der Waals surface area contributed by atoms with Crippen LogP contribution in [-0.4, -0.2) is 92.4 Å². The number of rotatable bonds is 38. The number of unbranched alkanes of at least 4 members (excludes halogenated alkanes) is 23. The van der Waals surface area contributed by atoms with Gasteiger partial charge in [0.25, 0.3) is 0 Å². The predicted molar refractivity (Wildman–Crippen MR) is 228 cm³/mol. The van der Waals surface area contributed by atoms with Crippen molar-refractivity contribution in [1.29, 1.82) is 0 Å². The molecule has 0 spiro atoms. The maximum atomic E-state index is 13.9. The third kappa shape index (κ3) is 27.8. The first-order chi connectivity index (χ1) is 28.4. The molecule has 0 aliphatic carbocycles. The van der Waals surface area contributed by atoms with Crippen LogP contribution in [0.5, 0.6) is 0 Å². The maximum absolute atomic E-state index is 13.9. The summed E-state index contributed by atoms with van der Waals surface area (Å²) in [5, 5.41) is 34.2. The Labute approximate surface area is 355 Å². The third-order valence-corrected chi connectivity index (χ3v) is 11.6. The van der Waals surface area contributed by atoms with Crippen LogP contribution in [-0.2, 0) is 37.7 Å². The van der Waals surface area contributed by atoms with Gasteiger partial charge in [0.2, 0.25) is 5.91 Å². The fraction of sp³-hybridized carbons (Fsp3) is 0.932. The average Bonchev–Trinajstić information content (AvgIpc) is 3.18. The van der Waals surface area contributed by atoms with Crippen LogP contribution < -0.4 is 5.32 Å². The SMILES string of the molecule is CCCCCCCCCCCCC(OC(=O)CCCCCCCCC)C(=O)O[C@H]1[C@H](OP(=O)(O)O)[C@@H](CO)OC(O)[C@@H]1NC(=O)CC(O)CCCCCCCCCCC. The van der Waals surface area contributed by atoms with Gasteiger partial charge in [-0.2, -0.15) is 0 Å². The van der Waals surface area contributed by atoms with Crippen LogP contribution in [0.2, 0.25) is 0 Å². The van der Waals surface area contributed by atoms with E-state index in [0.717, 1.165) is 77.0 Å². The van der Waals surface area contributed by atoms with Crippen molar-refractivity contribution in [1.82, 2.24) is 5.32 Å². The van der Waals surface area contributed by atoms with E-state index in [0.29, 0.717) is 25.7 Å². The molecular formula is C44H84NO13P. The number of phosphoric acid groups is 1. The van der Waals surface area contributed by atoms with Gasteiger partial charge in [-0.05, 0) is 25.7 Å². The van der Waals surface area contributed by atoms with E-state index in [4.69, 9.17) is 18.7 Å². The highest BCUT2D eigenvalue weighted by atomic mass is 31.2. The first-order valence-corrected chi connectivity index (χ1v) is 24.9. The molecule has 1 saturated heterocycles. The lowest BCUT2D eigenvalue weighted by atomic mass is 9.96.